The number of halogens is 1. The summed E-state index contributed by atoms with van der Waals surface area (Å²) >= 11 is 6.41. The van der Waals surface area contributed by atoms with Gasteiger partial charge in [0.05, 0.1) is 24.8 Å². The molecule has 3 aromatic rings. The van der Waals surface area contributed by atoms with Crippen LogP contribution in [-0.4, -0.2) is 57.5 Å². The molecule has 0 aromatic heterocycles. The summed E-state index contributed by atoms with van der Waals surface area (Å²) in [7, 11) is -1.32. The second-order valence-corrected chi connectivity index (χ2v) is 12.7. The monoisotopic (exact) mass is 601 g/mol. The van der Waals surface area contributed by atoms with Gasteiger partial charge in [-0.25, -0.2) is 8.42 Å². The fraction of sp³-hybridized carbons (Fsp3) is 0.333. The van der Waals surface area contributed by atoms with Crippen molar-refractivity contribution < 1.29 is 27.5 Å². The zero-order valence-corrected chi connectivity index (χ0v) is 25.6. The minimum atomic E-state index is -4.22. The first-order chi connectivity index (χ1) is 19.3. The Kier molecular flexibility index (Phi) is 10.3. The highest BCUT2D eigenvalue weighted by molar-refractivity contribution is 7.92. The van der Waals surface area contributed by atoms with Crippen LogP contribution in [0.2, 0.25) is 5.02 Å². The van der Waals surface area contributed by atoms with E-state index in [1.165, 1.54) is 43.4 Å². The SMILES string of the molecule is COc1ccc(N(CC(=O)N(Cc2ccccc2Cl)C(C)C(=O)NC(C)(C)C)S(=O)(=O)c2ccccc2)cc1OC. The smallest absolute Gasteiger partial charge is 0.264 e. The van der Waals surface area contributed by atoms with Gasteiger partial charge >= 0.3 is 0 Å². The summed E-state index contributed by atoms with van der Waals surface area (Å²) in [6.45, 7) is 6.50. The number of nitrogens with zero attached hydrogens (tertiary/aromatic N) is 2. The molecule has 0 aliphatic rings. The minimum absolute atomic E-state index is 0.00115. The van der Waals surface area contributed by atoms with Crippen LogP contribution in [0, 0.1) is 0 Å². The van der Waals surface area contributed by atoms with Gasteiger partial charge in [0.1, 0.15) is 12.6 Å². The molecule has 0 bridgehead atoms. The van der Waals surface area contributed by atoms with E-state index in [0.717, 1.165) is 4.31 Å². The third-order valence-electron chi connectivity index (χ3n) is 6.23. The number of ether oxygens (including phenoxy) is 2. The fourth-order valence-electron chi connectivity index (χ4n) is 4.10. The molecule has 0 fully saturated rings. The molecule has 0 aliphatic carbocycles. The molecule has 0 aliphatic heterocycles. The summed E-state index contributed by atoms with van der Waals surface area (Å²) in [5, 5.41) is 3.31. The summed E-state index contributed by atoms with van der Waals surface area (Å²) in [5.41, 5.74) is 0.248. The number of benzene rings is 3. The van der Waals surface area contributed by atoms with Gasteiger partial charge in [-0.15, -0.1) is 0 Å². The van der Waals surface area contributed by atoms with Crippen LogP contribution in [0.1, 0.15) is 33.3 Å². The first kappa shape index (κ1) is 31.8. The maximum atomic E-state index is 14.1. The van der Waals surface area contributed by atoms with Crippen molar-refractivity contribution in [3.05, 3.63) is 83.4 Å². The zero-order chi connectivity index (χ0) is 30.4. The molecule has 2 amide bonds. The van der Waals surface area contributed by atoms with E-state index in [-0.39, 0.29) is 28.8 Å². The number of amides is 2. The van der Waals surface area contributed by atoms with Crippen molar-refractivity contribution in [2.24, 2.45) is 0 Å². The Morgan fingerprint density at radius 3 is 2.12 bits per heavy atom. The largest absolute Gasteiger partial charge is 0.493 e. The van der Waals surface area contributed by atoms with Crippen LogP contribution in [-0.2, 0) is 26.2 Å². The van der Waals surface area contributed by atoms with Gasteiger partial charge in [-0.05, 0) is 63.6 Å². The summed E-state index contributed by atoms with van der Waals surface area (Å²) in [6.07, 6.45) is 0. The van der Waals surface area contributed by atoms with Crippen LogP contribution >= 0.6 is 11.6 Å². The Morgan fingerprint density at radius 1 is 0.927 bits per heavy atom. The molecule has 1 N–H and O–H groups in total. The summed E-state index contributed by atoms with van der Waals surface area (Å²) < 4.78 is 39.6. The van der Waals surface area contributed by atoms with E-state index >= 15 is 0 Å². The van der Waals surface area contributed by atoms with Gasteiger partial charge in [0.25, 0.3) is 10.0 Å². The highest BCUT2D eigenvalue weighted by atomic mass is 35.5. The maximum absolute atomic E-state index is 14.1. The predicted molar refractivity (Wildman–Crippen MR) is 160 cm³/mol. The Balaban J connectivity index is 2.09. The van der Waals surface area contributed by atoms with Gasteiger partial charge in [0.2, 0.25) is 11.8 Å². The van der Waals surface area contributed by atoms with Crippen molar-refractivity contribution in [1.82, 2.24) is 10.2 Å². The van der Waals surface area contributed by atoms with Crippen molar-refractivity contribution in [2.75, 3.05) is 25.1 Å². The number of hydrogen-bond donors (Lipinski definition) is 1. The molecule has 11 heteroatoms. The van der Waals surface area contributed by atoms with Crippen LogP contribution in [0.4, 0.5) is 5.69 Å². The molecule has 0 saturated carbocycles. The number of rotatable bonds is 11. The topological polar surface area (TPSA) is 105 Å². The summed E-state index contributed by atoms with van der Waals surface area (Å²) in [5.74, 6) is -0.304. The molecule has 1 atom stereocenters. The average Bonchev–Trinajstić information content (AvgIpc) is 2.94. The van der Waals surface area contributed by atoms with Gasteiger partial charge in [0.15, 0.2) is 11.5 Å². The summed E-state index contributed by atoms with van der Waals surface area (Å²) in [6, 6.07) is 18.4. The molecule has 0 heterocycles. The minimum Gasteiger partial charge on any atom is -0.493 e. The number of carbonyl (C=O) groups excluding carboxylic acids is 2. The first-order valence-electron chi connectivity index (χ1n) is 12.9. The Bertz CT molecular complexity index is 1480. The van der Waals surface area contributed by atoms with Crippen molar-refractivity contribution >= 4 is 39.1 Å². The van der Waals surface area contributed by atoms with Crippen molar-refractivity contribution in [3.63, 3.8) is 0 Å². The zero-order valence-electron chi connectivity index (χ0n) is 24.0. The van der Waals surface area contributed by atoms with Crippen molar-refractivity contribution in [2.45, 2.75) is 50.7 Å². The maximum Gasteiger partial charge on any atom is 0.264 e. The molecule has 3 rings (SSSR count). The molecular formula is C30H36ClN3O6S. The van der Waals surface area contributed by atoms with E-state index < -0.39 is 34.1 Å². The van der Waals surface area contributed by atoms with Gasteiger partial charge in [-0.1, -0.05) is 48.0 Å². The normalized spacial score (nSPS) is 12.3. The number of nitrogens with one attached hydrogen (secondary N) is 1. The molecule has 3 aromatic carbocycles. The predicted octanol–water partition coefficient (Wildman–Crippen LogP) is 4.88. The third kappa shape index (κ3) is 7.92. The second-order valence-electron chi connectivity index (χ2n) is 10.4. The van der Waals surface area contributed by atoms with Gasteiger partial charge in [-0.3, -0.25) is 13.9 Å². The molecule has 0 saturated heterocycles. The van der Waals surface area contributed by atoms with E-state index in [1.807, 2.05) is 20.8 Å². The fourth-order valence-corrected chi connectivity index (χ4v) is 5.72. The van der Waals surface area contributed by atoms with E-state index in [1.54, 1.807) is 55.5 Å². The van der Waals surface area contributed by atoms with Gasteiger partial charge in [-0.2, -0.15) is 0 Å². The van der Waals surface area contributed by atoms with Crippen LogP contribution in [0.25, 0.3) is 0 Å². The van der Waals surface area contributed by atoms with E-state index in [0.29, 0.717) is 16.3 Å². The Labute approximate surface area is 247 Å². The molecule has 1 unspecified atom stereocenters. The molecule has 0 radical (unpaired) electrons. The Morgan fingerprint density at radius 2 is 1.54 bits per heavy atom. The first-order valence-corrected chi connectivity index (χ1v) is 14.7. The lowest BCUT2D eigenvalue weighted by atomic mass is 10.1. The quantitative estimate of drug-likeness (QED) is 0.336. The average molecular weight is 602 g/mol. The lowest BCUT2D eigenvalue weighted by Crippen LogP contribution is -2.54. The van der Waals surface area contributed by atoms with Crippen molar-refractivity contribution in [3.8, 4) is 11.5 Å². The molecular weight excluding hydrogens is 566 g/mol. The molecule has 41 heavy (non-hydrogen) atoms. The second kappa shape index (κ2) is 13.3. The standard InChI is InChI=1S/C30H36ClN3O6S/c1-21(29(36)32-30(2,3)4)33(19-22-12-10-11-15-25(22)31)28(35)20-34(41(37,38)24-13-8-7-9-14-24)23-16-17-26(39-5)27(18-23)40-6/h7-18,21H,19-20H2,1-6H3,(H,32,36). The van der Waals surface area contributed by atoms with Crippen LogP contribution in [0.3, 0.4) is 0 Å². The van der Waals surface area contributed by atoms with E-state index in [4.69, 9.17) is 21.1 Å². The highest BCUT2D eigenvalue weighted by Gasteiger charge is 2.34. The number of hydrogen-bond acceptors (Lipinski definition) is 6. The molecule has 9 nitrogen and oxygen atoms in total. The lowest BCUT2D eigenvalue weighted by molar-refractivity contribution is -0.140. The number of methoxy groups -OCH3 is 2. The lowest BCUT2D eigenvalue weighted by Gasteiger charge is -2.33. The van der Waals surface area contributed by atoms with Gasteiger partial charge < -0.3 is 19.7 Å². The summed E-state index contributed by atoms with van der Waals surface area (Å²) in [4.78, 5) is 28.6. The number of sulfonamides is 1. The van der Waals surface area contributed by atoms with Crippen LogP contribution in [0.5, 0.6) is 11.5 Å². The number of carbonyl (C=O) groups is 2. The third-order valence-corrected chi connectivity index (χ3v) is 8.39. The van der Waals surface area contributed by atoms with E-state index in [9.17, 15) is 18.0 Å². The van der Waals surface area contributed by atoms with E-state index in [2.05, 4.69) is 5.32 Å². The van der Waals surface area contributed by atoms with Crippen LogP contribution in [0.15, 0.2) is 77.7 Å². The molecule has 220 valence electrons. The highest BCUT2D eigenvalue weighted by Crippen LogP contribution is 2.34. The molecule has 0 spiro atoms. The number of anilines is 1. The van der Waals surface area contributed by atoms with Crippen LogP contribution < -0.4 is 19.1 Å². The van der Waals surface area contributed by atoms with Gasteiger partial charge in [0, 0.05) is 23.2 Å². The Hall–Kier alpha value is -3.76. The van der Waals surface area contributed by atoms with Crippen molar-refractivity contribution in [1.29, 1.82) is 0 Å².